The van der Waals surface area contributed by atoms with Gasteiger partial charge in [0, 0.05) is 37.0 Å². The Balaban J connectivity index is 1.10. The molecular formula is C30H30FIN6O3. The average Bonchev–Trinajstić information content (AvgIpc) is 3.49. The number of ether oxygens (including phenoxy) is 2. The number of likely N-dealkylation sites (tertiary alicyclic amines) is 1. The number of Topliss-reactive ketones (excluding diaryl/α,β-unsaturated/α-hetero) is 1. The van der Waals surface area contributed by atoms with Crippen LogP contribution in [0.3, 0.4) is 0 Å². The molecule has 41 heavy (non-hydrogen) atoms. The van der Waals surface area contributed by atoms with Gasteiger partial charge in [0.2, 0.25) is 5.88 Å². The van der Waals surface area contributed by atoms with Crippen LogP contribution in [-0.2, 0) is 24.4 Å². The van der Waals surface area contributed by atoms with Crippen molar-refractivity contribution in [2.45, 2.75) is 58.0 Å². The number of ketones is 1. The monoisotopic (exact) mass is 668 g/mol. The normalized spacial score (nSPS) is 17.9. The molecule has 4 heterocycles. The number of nitrogens with zero attached hydrogens (tertiary/aromatic N) is 6. The summed E-state index contributed by atoms with van der Waals surface area (Å²) < 4.78 is 30.9. The summed E-state index contributed by atoms with van der Waals surface area (Å²) in [6.45, 7) is 5.70. The van der Waals surface area contributed by atoms with E-state index >= 15 is 0 Å². The smallest absolute Gasteiger partial charge is 0.246 e. The first-order valence-corrected chi connectivity index (χ1v) is 14.9. The Morgan fingerprint density at radius 2 is 2.02 bits per heavy atom. The van der Waals surface area contributed by atoms with E-state index < -0.39 is 5.82 Å². The molecular weight excluding hydrogens is 638 g/mol. The standard InChI is InChI=1S/C30H30FIN6O3/c1-19(39)21-4-5-27-28(13-21)37(15-24-8-11-40-24)29(34-27)17-36-9-6-23(7-10-36)38-16-26(32)30(35-38)41-18-22-3-2-20(14-33)12-25(22)31/h2-5,12-13,16,23-24H,6-11,15,17-18H2,1H3/t24-/m0/s1. The maximum absolute atomic E-state index is 14.3. The minimum atomic E-state index is -0.459. The molecule has 2 aromatic carbocycles. The van der Waals surface area contributed by atoms with E-state index in [1.165, 1.54) is 6.07 Å². The van der Waals surface area contributed by atoms with Crippen LogP contribution in [0.2, 0.25) is 0 Å². The third kappa shape index (κ3) is 6.00. The lowest BCUT2D eigenvalue weighted by Gasteiger charge is -2.32. The molecule has 11 heteroatoms. The van der Waals surface area contributed by atoms with Gasteiger partial charge in [0.1, 0.15) is 18.2 Å². The van der Waals surface area contributed by atoms with Crippen LogP contribution in [-0.4, -0.2) is 55.8 Å². The molecule has 9 nitrogen and oxygen atoms in total. The van der Waals surface area contributed by atoms with Crippen molar-refractivity contribution in [1.82, 2.24) is 24.2 Å². The lowest BCUT2D eigenvalue weighted by molar-refractivity contribution is -0.0592. The SMILES string of the molecule is CC(=O)c1ccc2nc(CN3CCC(n4cc(I)c(OCc5ccc(C#N)cc5F)n4)CC3)n(C[C@@H]3CCO3)c2c1. The minimum Gasteiger partial charge on any atom is -0.471 e. The lowest BCUT2D eigenvalue weighted by Crippen LogP contribution is -2.36. The van der Waals surface area contributed by atoms with Gasteiger partial charge in [-0.05, 0) is 79.1 Å². The van der Waals surface area contributed by atoms with Gasteiger partial charge in [-0.3, -0.25) is 14.4 Å². The molecule has 212 valence electrons. The number of hydrogen-bond acceptors (Lipinski definition) is 7. The quantitative estimate of drug-likeness (QED) is 0.178. The second-order valence-corrected chi connectivity index (χ2v) is 11.8. The highest BCUT2D eigenvalue weighted by Crippen LogP contribution is 2.29. The maximum atomic E-state index is 14.3. The van der Waals surface area contributed by atoms with E-state index in [-0.39, 0.29) is 30.1 Å². The molecule has 2 aliphatic heterocycles. The molecule has 2 aliphatic rings. The molecule has 0 bridgehead atoms. The number of imidazole rings is 1. The van der Waals surface area contributed by atoms with Crippen molar-refractivity contribution in [3.8, 4) is 11.9 Å². The number of fused-ring (bicyclic) bond motifs is 1. The minimum absolute atomic E-state index is 0.0454. The summed E-state index contributed by atoms with van der Waals surface area (Å²) in [4.78, 5) is 19.4. The lowest BCUT2D eigenvalue weighted by atomic mass is 10.1. The zero-order valence-corrected chi connectivity index (χ0v) is 24.9. The van der Waals surface area contributed by atoms with E-state index in [1.807, 2.05) is 35.1 Å². The molecule has 2 aromatic heterocycles. The third-order valence-corrected chi connectivity index (χ3v) is 8.65. The van der Waals surface area contributed by atoms with Crippen LogP contribution < -0.4 is 4.74 Å². The van der Waals surface area contributed by atoms with E-state index in [0.717, 1.165) is 72.5 Å². The van der Waals surface area contributed by atoms with Crippen molar-refractivity contribution >= 4 is 39.4 Å². The molecule has 2 fully saturated rings. The van der Waals surface area contributed by atoms with Crippen molar-refractivity contribution in [2.75, 3.05) is 19.7 Å². The molecule has 4 aromatic rings. The predicted molar refractivity (Wildman–Crippen MR) is 158 cm³/mol. The van der Waals surface area contributed by atoms with Crippen molar-refractivity contribution in [2.24, 2.45) is 0 Å². The second-order valence-electron chi connectivity index (χ2n) is 10.7. The van der Waals surface area contributed by atoms with E-state index in [4.69, 9.17) is 19.7 Å². The van der Waals surface area contributed by atoms with Crippen molar-refractivity contribution in [3.05, 3.63) is 74.5 Å². The molecule has 6 rings (SSSR count). The molecule has 0 unspecified atom stereocenters. The van der Waals surface area contributed by atoms with Gasteiger partial charge in [0.25, 0.3) is 0 Å². The highest BCUT2D eigenvalue weighted by atomic mass is 127. The number of nitriles is 1. The van der Waals surface area contributed by atoms with E-state index in [0.29, 0.717) is 17.0 Å². The van der Waals surface area contributed by atoms with Gasteiger partial charge < -0.3 is 14.0 Å². The van der Waals surface area contributed by atoms with Crippen molar-refractivity contribution < 1.29 is 18.7 Å². The Hall–Kier alpha value is -3.34. The fourth-order valence-electron chi connectivity index (χ4n) is 5.41. The molecule has 0 radical (unpaired) electrons. The van der Waals surface area contributed by atoms with Gasteiger partial charge in [0.15, 0.2) is 5.78 Å². The van der Waals surface area contributed by atoms with Gasteiger partial charge in [-0.2, -0.15) is 5.26 Å². The van der Waals surface area contributed by atoms with Crippen LogP contribution in [0.4, 0.5) is 4.39 Å². The Bertz CT molecular complexity index is 1630. The molecule has 0 saturated carbocycles. The zero-order valence-electron chi connectivity index (χ0n) is 22.7. The second kappa shape index (κ2) is 11.9. The maximum Gasteiger partial charge on any atom is 0.246 e. The summed E-state index contributed by atoms with van der Waals surface area (Å²) in [7, 11) is 0. The van der Waals surface area contributed by atoms with Gasteiger partial charge >= 0.3 is 0 Å². The predicted octanol–water partition coefficient (Wildman–Crippen LogP) is 5.26. The van der Waals surface area contributed by atoms with Gasteiger partial charge in [-0.15, -0.1) is 5.10 Å². The molecule has 0 amide bonds. The number of carbonyl (C=O) groups excluding carboxylic acids is 1. The third-order valence-electron chi connectivity index (χ3n) is 7.91. The van der Waals surface area contributed by atoms with E-state index in [2.05, 4.69) is 37.2 Å². The number of carbonyl (C=O) groups is 1. The molecule has 1 atom stereocenters. The topological polar surface area (TPSA) is 98.2 Å². The zero-order chi connectivity index (χ0) is 28.5. The van der Waals surface area contributed by atoms with Crippen molar-refractivity contribution in [3.63, 3.8) is 0 Å². The van der Waals surface area contributed by atoms with Crippen LogP contribution in [0.15, 0.2) is 42.6 Å². The number of benzene rings is 2. The summed E-state index contributed by atoms with van der Waals surface area (Å²) in [5.41, 5.74) is 3.24. The van der Waals surface area contributed by atoms with Crippen LogP contribution >= 0.6 is 22.6 Å². The number of hydrogen-bond donors (Lipinski definition) is 0. The van der Waals surface area contributed by atoms with Gasteiger partial charge in [0.05, 0.1) is 51.5 Å². The highest BCUT2D eigenvalue weighted by molar-refractivity contribution is 14.1. The van der Waals surface area contributed by atoms with Crippen molar-refractivity contribution in [1.29, 1.82) is 5.26 Å². The van der Waals surface area contributed by atoms with Gasteiger partial charge in [-0.25, -0.2) is 9.37 Å². The Labute approximate surface area is 251 Å². The van der Waals surface area contributed by atoms with E-state index in [1.54, 1.807) is 19.1 Å². The Morgan fingerprint density at radius 1 is 1.22 bits per heavy atom. The summed E-state index contributed by atoms with van der Waals surface area (Å²) in [6, 6.07) is 12.3. The fraction of sp³-hybridized carbons (Fsp3) is 0.400. The molecule has 0 aliphatic carbocycles. The molecule has 0 N–H and O–H groups in total. The average molecular weight is 669 g/mol. The number of rotatable bonds is 9. The van der Waals surface area contributed by atoms with Gasteiger partial charge in [-0.1, -0.05) is 6.07 Å². The highest BCUT2D eigenvalue weighted by Gasteiger charge is 2.26. The Kier molecular flexibility index (Phi) is 8.05. The first-order valence-electron chi connectivity index (χ1n) is 13.8. The number of aromatic nitrogens is 4. The number of piperidine rings is 1. The molecule has 0 spiro atoms. The summed E-state index contributed by atoms with van der Waals surface area (Å²) in [6.07, 6.45) is 5.07. The largest absolute Gasteiger partial charge is 0.471 e. The van der Waals surface area contributed by atoms with Crippen LogP contribution in [0, 0.1) is 20.7 Å². The van der Waals surface area contributed by atoms with Crippen LogP contribution in [0.5, 0.6) is 5.88 Å². The summed E-state index contributed by atoms with van der Waals surface area (Å²) >= 11 is 2.19. The Morgan fingerprint density at radius 3 is 2.71 bits per heavy atom. The number of halogens is 2. The first kappa shape index (κ1) is 27.8. The fourth-order valence-corrected chi connectivity index (χ4v) is 5.96. The summed E-state index contributed by atoms with van der Waals surface area (Å²) in [5.74, 6) is 1.06. The van der Waals surface area contributed by atoms with E-state index in [9.17, 15) is 9.18 Å². The first-order chi connectivity index (χ1) is 19.9. The summed E-state index contributed by atoms with van der Waals surface area (Å²) in [5, 5.41) is 13.6. The van der Waals surface area contributed by atoms with Crippen LogP contribution in [0.25, 0.3) is 11.0 Å². The van der Waals surface area contributed by atoms with Crippen LogP contribution in [0.1, 0.15) is 59.5 Å². The molecule has 2 saturated heterocycles.